The van der Waals surface area contributed by atoms with Crippen LogP contribution in [0.2, 0.25) is 0 Å². The fourth-order valence-corrected chi connectivity index (χ4v) is 3.12. The molecule has 1 aromatic carbocycles. The number of piperidine rings is 1. The number of rotatable bonds is 7. The highest BCUT2D eigenvalue weighted by molar-refractivity contribution is 5.92. The molecule has 1 fully saturated rings. The summed E-state index contributed by atoms with van der Waals surface area (Å²) in [5.74, 6) is 0.703. The minimum Gasteiger partial charge on any atom is -0.356 e. The van der Waals surface area contributed by atoms with Crippen molar-refractivity contribution in [2.24, 2.45) is 5.92 Å². The molecule has 2 rings (SSSR count). The largest absolute Gasteiger partial charge is 0.356 e. The van der Waals surface area contributed by atoms with Gasteiger partial charge in [0.05, 0.1) is 6.54 Å². The summed E-state index contributed by atoms with van der Waals surface area (Å²) in [6, 6.07) is 8.01. The minimum absolute atomic E-state index is 0.00907. The topological polar surface area (TPSA) is 61.4 Å². The third-order valence-corrected chi connectivity index (χ3v) is 4.71. The highest BCUT2D eigenvalue weighted by atomic mass is 16.2. The molecule has 2 N–H and O–H groups in total. The number of hydrogen-bond donors (Lipinski definition) is 2. The van der Waals surface area contributed by atoms with Gasteiger partial charge >= 0.3 is 0 Å². The quantitative estimate of drug-likeness (QED) is 0.799. The van der Waals surface area contributed by atoms with Crippen molar-refractivity contribution in [2.75, 3.05) is 31.5 Å². The molecule has 1 heterocycles. The van der Waals surface area contributed by atoms with E-state index in [1.807, 2.05) is 18.2 Å². The molecule has 1 aromatic rings. The molecule has 0 unspecified atom stereocenters. The molecule has 0 saturated carbocycles. The molecule has 1 aliphatic rings. The van der Waals surface area contributed by atoms with Crippen LogP contribution in [-0.2, 0) is 9.59 Å². The number of benzene rings is 1. The average Bonchev–Trinajstić information content (AvgIpc) is 2.60. The molecule has 0 aromatic heterocycles. The number of carbonyl (C=O) groups is 2. The van der Waals surface area contributed by atoms with Crippen molar-refractivity contribution < 1.29 is 9.59 Å². The summed E-state index contributed by atoms with van der Waals surface area (Å²) in [6.45, 7) is 9.06. The van der Waals surface area contributed by atoms with E-state index in [-0.39, 0.29) is 17.7 Å². The zero-order valence-corrected chi connectivity index (χ0v) is 15.7. The molecule has 0 bridgehead atoms. The summed E-state index contributed by atoms with van der Waals surface area (Å²) >= 11 is 0. The van der Waals surface area contributed by atoms with Gasteiger partial charge in [0.15, 0.2) is 0 Å². The van der Waals surface area contributed by atoms with Crippen LogP contribution in [-0.4, -0.2) is 42.9 Å². The van der Waals surface area contributed by atoms with Crippen LogP contribution in [0.3, 0.4) is 0 Å². The van der Waals surface area contributed by atoms with E-state index in [1.54, 1.807) is 0 Å². The predicted octanol–water partition coefficient (Wildman–Crippen LogP) is 2.99. The summed E-state index contributed by atoms with van der Waals surface area (Å²) in [6.07, 6.45) is 2.61. The standard InChI is InChI=1S/C20H31N3O2/c1-4-10-21-20(25)16-8-11-23(12-9-16)14-19(24)22-18-7-5-6-17(13-18)15(2)3/h5-7,13,15-16H,4,8-12,14H2,1-3H3,(H,21,25)(H,22,24). The van der Waals surface area contributed by atoms with Crippen LogP contribution >= 0.6 is 0 Å². The highest BCUT2D eigenvalue weighted by Crippen LogP contribution is 2.19. The maximum Gasteiger partial charge on any atom is 0.238 e. The lowest BCUT2D eigenvalue weighted by molar-refractivity contribution is -0.126. The Kier molecular flexibility index (Phi) is 7.44. The van der Waals surface area contributed by atoms with Crippen LogP contribution in [0.25, 0.3) is 0 Å². The second-order valence-electron chi connectivity index (χ2n) is 7.17. The van der Waals surface area contributed by atoms with Crippen molar-refractivity contribution in [3.8, 4) is 0 Å². The zero-order chi connectivity index (χ0) is 18.2. The third kappa shape index (κ3) is 6.16. The van der Waals surface area contributed by atoms with Crippen molar-refractivity contribution in [3.05, 3.63) is 29.8 Å². The molecule has 25 heavy (non-hydrogen) atoms. The maximum atomic E-state index is 12.3. The number of nitrogens with one attached hydrogen (secondary N) is 2. The maximum absolute atomic E-state index is 12.3. The first-order valence-corrected chi connectivity index (χ1v) is 9.39. The van der Waals surface area contributed by atoms with Crippen LogP contribution in [0.1, 0.15) is 51.5 Å². The Labute approximate surface area is 151 Å². The Bertz CT molecular complexity index is 578. The molecule has 138 valence electrons. The Balaban J connectivity index is 1.77. The minimum atomic E-state index is 0.00907. The summed E-state index contributed by atoms with van der Waals surface area (Å²) in [4.78, 5) is 26.4. The van der Waals surface area contributed by atoms with E-state index in [2.05, 4.69) is 42.4 Å². The fourth-order valence-electron chi connectivity index (χ4n) is 3.12. The van der Waals surface area contributed by atoms with Gasteiger partial charge < -0.3 is 10.6 Å². The van der Waals surface area contributed by atoms with Crippen molar-refractivity contribution in [3.63, 3.8) is 0 Å². The lowest BCUT2D eigenvalue weighted by Crippen LogP contribution is -2.43. The van der Waals surface area contributed by atoms with Crippen molar-refractivity contribution in [1.29, 1.82) is 0 Å². The van der Waals surface area contributed by atoms with Crippen molar-refractivity contribution >= 4 is 17.5 Å². The van der Waals surface area contributed by atoms with E-state index in [0.717, 1.165) is 44.6 Å². The van der Waals surface area contributed by atoms with Gasteiger partial charge in [0, 0.05) is 18.2 Å². The molecule has 0 radical (unpaired) electrons. The van der Waals surface area contributed by atoms with E-state index in [1.165, 1.54) is 5.56 Å². The molecular formula is C20H31N3O2. The van der Waals surface area contributed by atoms with Crippen molar-refractivity contribution in [2.45, 2.75) is 46.0 Å². The summed E-state index contributed by atoms with van der Waals surface area (Å²) in [5.41, 5.74) is 2.07. The molecular weight excluding hydrogens is 314 g/mol. The van der Waals surface area contributed by atoms with Crippen LogP contribution in [0.15, 0.2) is 24.3 Å². The Hall–Kier alpha value is -1.88. The molecule has 5 nitrogen and oxygen atoms in total. The van der Waals surface area contributed by atoms with Gasteiger partial charge in [-0.15, -0.1) is 0 Å². The first-order valence-electron chi connectivity index (χ1n) is 9.39. The normalized spacial score (nSPS) is 16.0. The molecule has 1 saturated heterocycles. The van der Waals surface area contributed by atoms with E-state index in [9.17, 15) is 9.59 Å². The van der Waals surface area contributed by atoms with E-state index >= 15 is 0 Å². The molecule has 5 heteroatoms. The third-order valence-electron chi connectivity index (χ3n) is 4.71. The van der Waals surface area contributed by atoms with Gasteiger partial charge in [-0.05, 0) is 56.0 Å². The van der Waals surface area contributed by atoms with Gasteiger partial charge in [0.1, 0.15) is 0 Å². The van der Waals surface area contributed by atoms with Gasteiger partial charge in [-0.3, -0.25) is 14.5 Å². The van der Waals surface area contributed by atoms with Gasteiger partial charge in [-0.1, -0.05) is 32.9 Å². The molecule has 2 amide bonds. The van der Waals surface area contributed by atoms with E-state index in [4.69, 9.17) is 0 Å². The van der Waals surface area contributed by atoms with Gasteiger partial charge in [-0.2, -0.15) is 0 Å². The zero-order valence-electron chi connectivity index (χ0n) is 15.7. The average molecular weight is 345 g/mol. The monoisotopic (exact) mass is 345 g/mol. The lowest BCUT2D eigenvalue weighted by Gasteiger charge is -2.30. The number of likely N-dealkylation sites (tertiary alicyclic amines) is 1. The Morgan fingerprint density at radius 1 is 1.24 bits per heavy atom. The van der Waals surface area contributed by atoms with Crippen LogP contribution in [0.5, 0.6) is 0 Å². The van der Waals surface area contributed by atoms with Gasteiger partial charge in [-0.25, -0.2) is 0 Å². The second-order valence-corrected chi connectivity index (χ2v) is 7.17. The highest BCUT2D eigenvalue weighted by Gasteiger charge is 2.25. The van der Waals surface area contributed by atoms with Crippen LogP contribution in [0, 0.1) is 5.92 Å². The van der Waals surface area contributed by atoms with Crippen LogP contribution in [0.4, 0.5) is 5.69 Å². The number of carbonyl (C=O) groups excluding carboxylic acids is 2. The predicted molar refractivity (Wildman–Crippen MR) is 102 cm³/mol. The summed E-state index contributed by atoms with van der Waals surface area (Å²) < 4.78 is 0. The molecule has 0 atom stereocenters. The van der Waals surface area contributed by atoms with Gasteiger partial charge in [0.25, 0.3) is 0 Å². The van der Waals surface area contributed by atoms with Crippen LogP contribution < -0.4 is 10.6 Å². The molecule has 1 aliphatic heterocycles. The smallest absolute Gasteiger partial charge is 0.238 e. The number of nitrogens with zero attached hydrogens (tertiary/aromatic N) is 1. The SMILES string of the molecule is CCCNC(=O)C1CCN(CC(=O)Nc2cccc(C(C)C)c2)CC1. The number of anilines is 1. The number of amides is 2. The van der Waals surface area contributed by atoms with Crippen molar-refractivity contribution in [1.82, 2.24) is 10.2 Å². The molecule has 0 spiro atoms. The van der Waals surface area contributed by atoms with E-state index < -0.39 is 0 Å². The number of hydrogen-bond acceptors (Lipinski definition) is 3. The first kappa shape index (κ1) is 19.4. The second kappa shape index (κ2) is 9.56. The summed E-state index contributed by atoms with van der Waals surface area (Å²) in [7, 11) is 0. The Morgan fingerprint density at radius 3 is 2.60 bits per heavy atom. The lowest BCUT2D eigenvalue weighted by atomic mass is 9.96. The fraction of sp³-hybridized carbons (Fsp3) is 0.600. The van der Waals surface area contributed by atoms with Gasteiger partial charge in [0.2, 0.25) is 11.8 Å². The Morgan fingerprint density at radius 2 is 1.96 bits per heavy atom. The molecule has 0 aliphatic carbocycles. The van der Waals surface area contributed by atoms with E-state index in [0.29, 0.717) is 12.5 Å². The summed E-state index contributed by atoms with van der Waals surface area (Å²) in [5, 5.41) is 5.95. The first-order chi connectivity index (χ1) is 12.0.